The quantitative estimate of drug-likeness (QED) is 0.829. The van der Waals surface area contributed by atoms with Crippen LogP contribution in [-0.4, -0.2) is 42.1 Å². The molecule has 0 fully saturated rings. The molecular weight excluding hydrogens is 246 g/mol. The van der Waals surface area contributed by atoms with E-state index in [1.807, 2.05) is 14.1 Å². The number of carboxylic acids is 1. The van der Waals surface area contributed by atoms with E-state index in [0.29, 0.717) is 11.4 Å². The summed E-state index contributed by atoms with van der Waals surface area (Å²) in [6.07, 6.45) is 1.52. The highest BCUT2D eigenvalue weighted by Crippen LogP contribution is 2.10. The van der Waals surface area contributed by atoms with E-state index in [9.17, 15) is 9.59 Å². The summed E-state index contributed by atoms with van der Waals surface area (Å²) in [7, 11) is 3.64. The second kappa shape index (κ2) is 6.17. The average Bonchev–Trinajstić information content (AvgIpc) is 2.34. The summed E-state index contributed by atoms with van der Waals surface area (Å²) in [4.78, 5) is 28.9. The molecule has 1 heterocycles. The van der Waals surface area contributed by atoms with Crippen molar-refractivity contribution in [1.82, 2.24) is 10.3 Å². The molecule has 6 nitrogen and oxygen atoms in total. The van der Waals surface area contributed by atoms with Crippen molar-refractivity contribution in [3.8, 4) is 0 Å². The predicted octanol–water partition coefficient (Wildman–Crippen LogP) is 0.987. The first kappa shape index (κ1) is 14.9. The largest absolute Gasteiger partial charge is 0.480 e. The Bertz CT molecular complexity index is 472. The third-order valence-corrected chi connectivity index (χ3v) is 2.69. The molecule has 0 aliphatic carbocycles. The van der Waals surface area contributed by atoms with Crippen LogP contribution in [0.3, 0.4) is 0 Å². The van der Waals surface area contributed by atoms with Crippen LogP contribution in [0.2, 0.25) is 0 Å². The number of aliphatic carboxylic acids is 1. The fourth-order valence-electron chi connectivity index (χ4n) is 1.54. The maximum absolute atomic E-state index is 12.0. The minimum atomic E-state index is -1.04. The van der Waals surface area contributed by atoms with Crippen LogP contribution in [0.1, 0.15) is 24.2 Å². The smallest absolute Gasteiger partial charge is 0.326 e. The number of amides is 1. The summed E-state index contributed by atoms with van der Waals surface area (Å²) in [5.41, 5.74) is 0.394. The minimum Gasteiger partial charge on any atom is -0.480 e. The van der Waals surface area contributed by atoms with Gasteiger partial charge in [0.05, 0.1) is 0 Å². The molecule has 2 N–H and O–H groups in total. The van der Waals surface area contributed by atoms with E-state index in [0.717, 1.165) is 0 Å². The van der Waals surface area contributed by atoms with Gasteiger partial charge in [-0.2, -0.15) is 0 Å². The number of nitrogens with one attached hydrogen (secondary N) is 1. The Kier molecular flexibility index (Phi) is 4.86. The molecule has 6 heteroatoms. The predicted molar refractivity (Wildman–Crippen MR) is 72.3 cm³/mol. The van der Waals surface area contributed by atoms with Gasteiger partial charge >= 0.3 is 5.97 Å². The van der Waals surface area contributed by atoms with E-state index < -0.39 is 17.9 Å². The molecule has 1 rings (SSSR count). The maximum atomic E-state index is 12.0. The lowest BCUT2D eigenvalue weighted by Crippen LogP contribution is -2.44. The Labute approximate surface area is 112 Å². The molecule has 1 aromatic heterocycles. The molecule has 0 aliphatic rings. The van der Waals surface area contributed by atoms with Gasteiger partial charge in [0.1, 0.15) is 11.9 Å². The van der Waals surface area contributed by atoms with Crippen molar-refractivity contribution in [3.05, 3.63) is 23.9 Å². The summed E-state index contributed by atoms with van der Waals surface area (Å²) >= 11 is 0. The molecule has 0 bridgehead atoms. The van der Waals surface area contributed by atoms with E-state index in [1.54, 1.807) is 30.9 Å². The van der Waals surface area contributed by atoms with Crippen molar-refractivity contribution in [2.45, 2.75) is 19.9 Å². The second-order valence-corrected chi connectivity index (χ2v) is 4.83. The van der Waals surface area contributed by atoms with Gasteiger partial charge in [-0.05, 0) is 18.1 Å². The Balaban J connectivity index is 2.88. The molecule has 104 valence electrons. The first-order valence-corrected chi connectivity index (χ1v) is 6.00. The molecule has 0 aliphatic heterocycles. The van der Waals surface area contributed by atoms with Gasteiger partial charge in [-0.1, -0.05) is 13.8 Å². The van der Waals surface area contributed by atoms with Gasteiger partial charge in [0.15, 0.2) is 0 Å². The zero-order chi connectivity index (χ0) is 14.6. The lowest BCUT2D eigenvalue weighted by molar-refractivity contribution is -0.140. The Morgan fingerprint density at radius 3 is 2.47 bits per heavy atom. The van der Waals surface area contributed by atoms with Gasteiger partial charge in [0, 0.05) is 25.9 Å². The van der Waals surface area contributed by atoms with Crippen LogP contribution in [0.5, 0.6) is 0 Å². The van der Waals surface area contributed by atoms with Crippen molar-refractivity contribution in [2.75, 3.05) is 19.0 Å². The van der Waals surface area contributed by atoms with Crippen molar-refractivity contribution < 1.29 is 14.7 Å². The maximum Gasteiger partial charge on any atom is 0.326 e. The van der Waals surface area contributed by atoms with Crippen molar-refractivity contribution in [2.24, 2.45) is 5.92 Å². The topological polar surface area (TPSA) is 82.5 Å². The Morgan fingerprint density at radius 2 is 2.00 bits per heavy atom. The molecular formula is C13H19N3O3. The highest BCUT2D eigenvalue weighted by atomic mass is 16.4. The lowest BCUT2D eigenvalue weighted by atomic mass is 10.0. The molecule has 1 atom stereocenters. The van der Waals surface area contributed by atoms with Crippen LogP contribution in [-0.2, 0) is 4.79 Å². The number of nitrogens with zero attached hydrogens (tertiary/aromatic N) is 2. The number of anilines is 1. The highest BCUT2D eigenvalue weighted by molar-refractivity contribution is 5.97. The summed E-state index contributed by atoms with van der Waals surface area (Å²) in [6, 6.07) is 2.28. The van der Waals surface area contributed by atoms with E-state index in [1.165, 1.54) is 6.20 Å². The third kappa shape index (κ3) is 3.94. The molecule has 0 unspecified atom stereocenters. The number of hydrogen-bond acceptors (Lipinski definition) is 4. The van der Waals surface area contributed by atoms with Crippen LogP contribution < -0.4 is 10.2 Å². The summed E-state index contributed by atoms with van der Waals surface area (Å²) in [6.45, 7) is 3.49. The minimum absolute atomic E-state index is 0.184. The number of carboxylic acid groups (broad SMARTS) is 1. The van der Waals surface area contributed by atoms with Crippen LogP contribution >= 0.6 is 0 Å². The van der Waals surface area contributed by atoms with Gasteiger partial charge in [-0.25, -0.2) is 9.78 Å². The van der Waals surface area contributed by atoms with Crippen molar-refractivity contribution in [3.63, 3.8) is 0 Å². The first-order valence-electron chi connectivity index (χ1n) is 6.00. The molecule has 0 radical (unpaired) electrons. The number of hydrogen-bond donors (Lipinski definition) is 2. The molecule has 0 saturated heterocycles. The van der Waals surface area contributed by atoms with Crippen LogP contribution in [0.15, 0.2) is 18.3 Å². The molecule has 0 aromatic carbocycles. The number of aromatic nitrogens is 1. The molecule has 0 saturated carbocycles. The van der Waals surface area contributed by atoms with Gasteiger partial charge in [-0.3, -0.25) is 4.79 Å². The monoisotopic (exact) mass is 265 g/mol. The number of carbonyl (C=O) groups is 2. The van der Waals surface area contributed by atoms with Gasteiger partial charge in [0.25, 0.3) is 5.91 Å². The SMILES string of the molecule is CC(C)[C@H](NC(=O)c1ccnc(N(C)C)c1)C(=O)O. The Hall–Kier alpha value is -2.11. The normalized spacial score (nSPS) is 12.1. The highest BCUT2D eigenvalue weighted by Gasteiger charge is 2.24. The zero-order valence-electron chi connectivity index (χ0n) is 11.5. The fraction of sp³-hybridized carbons (Fsp3) is 0.462. The number of rotatable bonds is 5. The van der Waals surface area contributed by atoms with Crippen molar-refractivity contribution >= 4 is 17.7 Å². The lowest BCUT2D eigenvalue weighted by Gasteiger charge is -2.18. The molecule has 1 amide bonds. The second-order valence-electron chi connectivity index (χ2n) is 4.83. The summed E-state index contributed by atoms with van der Waals surface area (Å²) < 4.78 is 0. The fourth-order valence-corrected chi connectivity index (χ4v) is 1.54. The first-order chi connectivity index (χ1) is 8.82. The molecule has 19 heavy (non-hydrogen) atoms. The standard InChI is InChI=1S/C13H19N3O3/c1-8(2)11(13(18)19)15-12(17)9-5-6-14-10(7-9)16(3)4/h5-8,11H,1-4H3,(H,15,17)(H,18,19)/t11-/m0/s1. The van der Waals surface area contributed by atoms with Crippen molar-refractivity contribution in [1.29, 1.82) is 0 Å². The van der Waals surface area contributed by atoms with Crippen LogP contribution in [0.4, 0.5) is 5.82 Å². The third-order valence-electron chi connectivity index (χ3n) is 2.69. The van der Waals surface area contributed by atoms with E-state index in [-0.39, 0.29) is 5.92 Å². The van der Waals surface area contributed by atoms with Gasteiger partial charge < -0.3 is 15.3 Å². The van der Waals surface area contributed by atoms with E-state index in [4.69, 9.17) is 5.11 Å². The molecule has 1 aromatic rings. The van der Waals surface area contributed by atoms with Crippen LogP contribution in [0.25, 0.3) is 0 Å². The zero-order valence-corrected chi connectivity index (χ0v) is 11.5. The van der Waals surface area contributed by atoms with Gasteiger partial charge in [-0.15, -0.1) is 0 Å². The average molecular weight is 265 g/mol. The molecule has 0 spiro atoms. The number of pyridine rings is 1. The summed E-state index contributed by atoms with van der Waals surface area (Å²) in [5, 5.41) is 11.6. The Morgan fingerprint density at radius 1 is 1.37 bits per heavy atom. The van der Waals surface area contributed by atoms with E-state index in [2.05, 4.69) is 10.3 Å². The number of carbonyl (C=O) groups excluding carboxylic acids is 1. The van der Waals surface area contributed by atoms with Gasteiger partial charge in [0.2, 0.25) is 0 Å². The summed E-state index contributed by atoms with van der Waals surface area (Å²) in [5.74, 6) is -0.988. The van der Waals surface area contributed by atoms with Crippen LogP contribution in [0, 0.1) is 5.92 Å². The van der Waals surface area contributed by atoms with E-state index >= 15 is 0 Å².